The molecule has 3 nitrogen and oxygen atoms in total. The Hall–Kier alpha value is -1.16. The van der Waals surface area contributed by atoms with Gasteiger partial charge in [-0.05, 0) is 62.5 Å². The van der Waals surface area contributed by atoms with Crippen LogP contribution >= 0.6 is 11.3 Å². The average molecular weight is 290 g/mol. The molecule has 1 heterocycles. The van der Waals surface area contributed by atoms with Crippen molar-refractivity contribution in [2.45, 2.75) is 58.3 Å². The highest BCUT2D eigenvalue weighted by Crippen LogP contribution is 2.33. The maximum atomic E-state index is 12.2. The second kappa shape index (κ2) is 6.08. The van der Waals surface area contributed by atoms with Gasteiger partial charge in [-0.25, -0.2) is 5.43 Å². The predicted octanol–water partition coefficient (Wildman–Crippen LogP) is 3.92. The number of fused-ring (bicyclic) bond motifs is 1. The van der Waals surface area contributed by atoms with E-state index in [1.807, 2.05) is 0 Å². The minimum atomic E-state index is -0.0307. The molecule has 1 amide bonds. The quantitative estimate of drug-likeness (QED) is 0.842. The molecule has 1 fully saturated rings. The highest BCUT2D eigenvalue weighted by molar-refractivity contribution is 7.14. The molecule has 108 valence electrons. The van der Waals surface area contributed by atoms with E-state index in [-0.39, 0.29) is 5.91 Å². The van der Waals surface area contributed by atoms with Crippen molar-refractivity contribution in [2.24, 2.45) is 11.0 Å². The van der Waals surface area contributed by atoms with E-state index < -0.39 is 0 Å². The minimum absolute atomic E-state index is 0.0307. The van der Waals surface area contributed by atoms with Gasteiger partial charge in [0.05, 0.1) is 4.88 Å². The summed E-state index contributed by atoms with van der Waals surface area (Å²) in [5.41, 5.74) is 5.27. The van der Waals surface area contributed by atoms with E-state index in [1.165, 1.54) is 36.1 Å². The van der Waals surface area contributed by atoms with Gasteiger partial charge in [0.2, 0.25) is 0 Å². The molecule has 4 heteroatoms. The number of hydrogen-bond acceptors (Lipinski definition) is 3. The van der Waals surface area contributed by atoms with Crippen molar-refractivity contribution in [2.75, 3.05) is 0 Å². The van der Waals surface area contributed by atoms with Crippen LogP contribution in [0.2, 0.25) is 0 Å². The van der Waals surface area contributed by atoms with Crippen LogP contribution in [-0.4, -0.2) is 11.6 Å². The molecule has 2 aliphatic carbocycles. The van der Waals surface area contributed by atoms with E-state index in [4.69, 9.17) is 0 Å². The molecule has 0 spiro atoms. The third-order valence-electron chi connectivity index (χ3n) is 4.48. The molecule has 0 bridgehead atoms. The molecule has 20 heavy (non-hydrogen) atoms. The fourth-order valence-electron chi connectivity index (χ4n) is 3.14. The van der Waals surface area contributed by atoms with Gasteiger partial charge in [0.15, 0.2) is 0 Å². The standard InChI is InChI=1S/C16H22N2OS/c1-2-11-7-8-14-12(9-11)10-15(20-14)16(19)18-17-13-5-3-4-6-13/h10-11H,2-9H2,1H3,(H,18,19)/t11-/m1/s1. The lowest BCUT2D eigenvalue weighted by Crippen LogP contribution is -2.17. The normalized spacial score (nSPS) is 21.6. The summed E-state index contributed by atoms with van der Waals surface area (Å²) in [5, 5.41) is 4.26. The number of nitrogens with one attached hydrogen (secondary N) is 1. The van der Waals surface area contributed by atoms with Gasteiger partial charge in [-0.2, -0.15) is 5.10 Å². The highest BCUT2D eigenvalue weighted by atomic mass is 32.1. The van der Waals surface area contributed by atoms with E-state index in [2.05, 4.69) is 23.5 Å². The summed E-state index contributed by atoms with van der Waals surface area (Å²) in [7, 11) is 0. The van der Waals surface area contributed by atoms with E-state index in [0.29, 0.717) is 0 Å². The van der Waals surface area contributed by atoms with Crippen LogP contribution in [0.15, 0.2) is 11.2 Å². The van der Waals surface area contributed by atoms with E-state index >= 15 is 0 Å². The van der Waals surface area contributed by atoms with Crippen LogP contribution in [0.4, 0.5) is 0 Å². The van der Waals surface area contributed by atoms with E-state index in [1.54, 1.807) is 11.3 Å². The highest BCUT2D eigenvalue weighted by Gasteiger charge is 2.22. The summed E-state index contributed by atoms with van der Waals surface area (Å²) < 4.78 is 0. The zero-order chi connectivity index (χ0) is 13.9. The zero-order valence-corrected chi connectivity index (χ0v) is 12.9. The summed E-state index contributed by atoms with van der Waals surface area (Å²) in [6.45, 7) is 2.26. The number of nitrogens with zero attached hydrogens (tertiary/aromatic N) is 1. The largest absolute Gasteiger partial charge is 0.281 e. The zero-order valence-electron chi connectivity index (χ0n) is 12.1. The molecular weight excluding hydrogens is 268 g/mol. The van der Waals surface area contributed by atoms with Gasteiger partial charge in [0, 0.05) is 10.6 Å². The number of carbonyl (C=O) groups is 1. The van der Waals surface area contributed by atoms with Crippen molar-refractivity contribution in [3.63, 3.8) is 0 Å². The SMILES string of the molecule is CC[C@@H]1CCc2sc(C(=O)NN=C3CCCC3)cc2C1. The summed E-state index contributed by atoms with van der Waals surface area (Å²) in [6, 6.07) is 2.09. The van der Waals surface area contributed by atoms with Gasteiger partial charge in [0.1, 0.15) is 0 Å². The van der Waals surface area contributed by atoms with Crippen molar-refractivity contribution in [3.8, 4) is 0 Å². The first-order valence-electron chi connectivity index (χ1n) is 7.73. The van der Waals surface area contributed by atoms with Crippen LogP contribution in [0, 0.1) is 5.92 Å². The fraction of sp³-hybridized carbons (Fsp3) is 0.625. The van der Waals surface area contributed by atoms with Gasteiger partial charge in [-0.1, -0.05) is 13.3 Å². The Bertz CT molecular complexity index is 525. The average Bonchev–Trinajstić information content (AvgIpc) is 3.12. The molecule has 0 radical (unpaired) electrons. The number of amides is 1. The van der Waals surface area contributed by atoms with Crippen molar-refractivity contribution >= 4 is 23.0 Å². The fourth-order valence-corrected chi connectivity index (χ4v) is 4.24. The second-order valence-electron chi connectivity index (χ2n) is 5.90. The molecule has 1 atom stereocenters. The molecule has 0 unspecified atom stereocenters. The van der Waals surface area contributed by atoms with Crippen molar-refractivity contribution in [1.29, 1.82) is 0 Å². The van der Waals surface area contributed by atoms with Crippen molar-refractivity contribution in [1.82, 2.24) is 5.43 Å². The number of hydrazone groups is 1. The number of aryl methyl sites for hydroxylation is 1. The van der Waals surface area contributed by atoms with Crippen molar-refractivity contribution in [3.05, 3.63) is 21.4 Å². The summed E-state index contributed by atoms with van der Waals surface area (Å²) in [4.78, 5) is 14.4. The Kier molecular flexibility index (Phi) is 4.20. The van der Waals surface area contributed by atoms with Gasteiger partial charge in [-0.15, -0.1) is 11.3 Å². The monoisotopic (exact) mass is 290 g/mol. The van der Waals surface area contributed by atoms with Gasteiger partial charge in [0.25, 0.3) is 5.91 Å². The van der Waals surface area contributed by atoms with Crippen LogP contribution in [0.5, 0.6) is 0 Å². The third-order valence-corrected chi connectivity index (χ3v) is 5.72. The Morgan fingerprint density at radius 1 is 1.40 bits per heavy atom. The van der Waals surface area contributed by atoms with Crippen LogP contribution in [-0.2, 0) is 12.8 Å². The number of thiophene rings is 1. The van der Waals surface area contributed by atoms with Crippen LogP contribution in [0.3, 0.4) is 0 Å². The minimum Gasteiger partial charge on any atom is -0.266 e. The van der Waals surface area contributed by atoms with Crippen molar-refractivity contribution < 1.29 is 4.79 Å². The predicted molar refractivity (Wildman–Crippen MR) is 83.5 cm³/mol. The Balaban J connectivity index is 1.67. The molecular formula is C16H22N2OS. The lowest BCUT2D eigenvalue weighted by Gasteiger charge is -2.19. The van der Waals surface area contributed by atoms with E-state index in [9.17, 15) is 4.79 Å². The summed E-state index contributed by atoms with van der Waals surface area (Å²) >= 11 is 1.66. The molecule has 3 rings (SSSR count). The third kappa shape index (κ3) is 2.95. The smallest absolute Gasteiger partial charge is 0.266 e. The first-order valence-corrected chi connectivity index (χ1v) is 8.55. The molecule has 1 N–H and O–H groups in total. The van der Waals surface area contributed by atoms with E-state index in [0.717, 1.165) is 42.2 Å². The summed E-state index contributed by atoms with van der Waals surface area (Å²) in [6.07, 6.45) is 9.29. The number of rotatable bonds is 3. The van der Waals surface area contributed by atoms with Gasteiger partial charge in [-0.3, -0.25) is 4.79 Å². The maximum absolute atomic E-state index is 12.2. The Labute approximate surface area is 124 Å². The Morgan fingerprint density at radius 2 is 2.20 bits per heavy atom. The molecule has 0 aliphatic heterocycles. The first-order chi connectivity index (χ1) is 9.76. The van der Waals surface area contributed by atoms with Crippen LogP contribution in [0.25, 0.3) is 0 Å². The molecule has 2 aliphatic rings. The maximum Gasteiger partial charge on any atom is 0.281 e. The topological polar surface area (TPSA) is 41.5 Å². The number of carbonyl (C=O) groups excluding carboxylic acids is 1. The number of hydrogen-bond donors (Lipinski definition) is 1. The first kappa shape index (κ1) is 13.8. The molecule has 0 saturated heterocycles. The van der Waals surface area contributed by atoms with Gasteiger partial charge >= 0.3 is 0 Å². The molecule has 1 saturated carbocycles. The van der Waals surface area contributed by atoms with Gasteiger partial charge < -0.3 is 0 Å². The van der Waals surface area contributed by atoms with Crippen LogP contribution in [0.1, 0.15) is 65.6 Å². The lowest BCUT2D eigenvalue weighted by atomic mass is 9.87. The van der Waals surface area contributed by atoms with Crippen LogP contribution < -0.4 is 5.43 Å². The molecule has 1 aromatic rings. The molecule has 0 aromatic carbocycles. The molecule has 1 aromatic heterocycles. The lowest BCUT2D eigenvalue weighted by molar-refractivity contribution is 0.0958. The Morgan fingerprint density at radius 3 is 2.95 bits per heavy atom. The summed E-state index contributed by atoms with van der Waals surface area (Å²) in [5.74, 6) is 0.767. The second-order valence-corrected chi connectivity index (χ2v) is 7.04.